The quantitative estimate of drug-likeness (QED) is 0.531. The van der Waals surface area contributed by atoms with Crippen molar-refractivity contribution in [1.82, 2.24) is 5.43 Å². The Morgan fingerprint density at radius 1 is 1.20 bits per heavy atom. The summed E-state index contributed by atoms with van der Waals surface area (Å²) in [5.74, 6) is 0.729. The third kappa shape index (κ3) is 2.13. The molecule has 55 valence electrons. The zero-order valence-electron chi connectivity index (χ0n) is 6.50. The molecule has 1 radical (unpaired) electrons. The molecular weight excluding hydrogens is 128 g/mol. The van der Waals surface area contributed by atoms with Crippen molar-refractivity contribution in [3.63, 3.8) is 0 Å². The lowest BCUT2D eigenvalue weighted by molar-refractivity contribution is 0.430. The molecule has 0 aromatic carbocycles. The van der Waals surface area contributed by atoms with Crippen molar-refractivity contribution in [2.24, 2.45) is 21.0 Å². The first-order chi connectivity index (χ1) is 4.58. The molecule has 0 amide bonds. The Balaban J connectivity index is 2.41. The Kier molecular flexibility index (Phi) is 1.70. The molecule has 0 spiro atoms. The first-order valence-electron chi connectivity index (χ1n) is 3.25. The lowest BCUT2D eigenvalue weighted by atomic mass is 9.92. The van der Waals surface area contributed by atoms with Crippen LogP contribution in [0.1, 0.15) is 27.2 Å². The minimum absolute atomic E-state index is 0.220. The number of amidine groups is 1. The fraction of sp³-hybridized carbons (Fsp3) is 0.833. The SMILES string of the molecule is CC(C)(C)CC1=NN=N[N]1. The third-order valence-electron chi connectivity index (χ3n) is 1.05. The van der Waals surface area contributed by atoms with Gasteiger partial charge in [0.15, 0.2) is 5.84 Å². The minimum atomic E-state index is 0.220. The van der Waals surface area contributed by atoms with Gasteiger partial charge in [0.05, 0.1) is 0 Å². The zero-order chi connectivity index (χ0) is 7.61. The van der Waals surface area contributed by atoms with Gasteiger partial charge in [-0.15, -0.1) is 10.5 Å². The maximum absolute atomic E-state index is 3.73. The van der Waals surface area contributed by atoms with E-state index in [1.54, 1.807) is 0 Å². The molecular formula is C6H11N4. The standard InChI is InChI=1S/C6H11N4/c1-6(2,3)4-5-7-9-10-8-5/h4H2,1-3H3. The van der Waals surface area contributed by atoms with Crippen LogP contribution < -0.4 is 5.43 Å². The van der Waals surface area contributed by atoms with E-state index < -0.39 is 0 Å². The van der Waals surface area contributed by atoms with Crippen LogP contribution in [0.3, 0.4) is 0 Å². The fourth-order valence-electron chi connectivity index (χ4n) is 0.708. The summed E-state index contributed by atoms with van der Waals surface area (Å²) < 4.78 is 0. The van der Waals surface area contributed by atoms with E-state index in [0.29, 0.717) is 0 Å². The molecule has 1 rings (SSSR count). The zero-order valence-corrected chi connectivity index (χ0v) is 6.50. The molecule has 1 aliphatic heterocycles. The Labute approximate surface area is 60.4 Å². The van der Waals surface area contributed by atoms with E-state index in [1.807, 2.05) is 0 Å². The van der Waals surface area contributed by atoms with Crippen molar-refractivity contribution in [3.8, 4) is 0 Å². The van der Waals surface area contributed by atoms with Crippen LogP contribution in [0, 0.1) is 5.41 Å². The molecule has 4 nitrogen and oxygen atoms in total. The molecule has 0 aromatic rings. The largest absolute Gasteiger partial charge is 0.177 e. The predicted molar refractivity (Wildman–Crippen MR) is 38.5 cm³/mol. The smallest absolute Gasteiger partial charge is 0.111 e. The average Bonchev–Trinajstić information content (AvgIpc) is 2.12. The van der Waals surface area contributed by atoms with Crippen LogP contribution in [0.25, 0.3) is 0 Å². The van der Waals surface area contributed by atoms with Gasteiger partial charge in [0.2, 0.25) is 0 Å². The van der Waals surface area contributed by atoms with Gasteiger partial charge in [0, 0.05) is 6.42 Å². The summed E-state index contributed by atoms with van der Waals surface area (Å²) >= 11 is 0. The van der Waals surface area contributed by atoms with Crippen molar-refractivity contribution in [2.75, 3.05) is 0 Å². The molecule has 0 unspecified atom stereocenters. The minimum Gasteiger partial charge on any atom is -0.111 e. The molecule has 4 heteroatoms. The normalized spacial score (nSPS) is 16.9. The third-order valence-corrected chi connectivity index (χ3v) is 1.05. The van der Waals surface area contributed by atoms with Crippen LogP contribution in [-0.4, -0.2) is 5.84 Å². The first-order valence-corrected chi connectivity index (χ1v) is 3.25. The predicted octanol–water partition coefficient (Wildman–Crippen LogP) is 1.72. The summed E-state index contributed by atoms with van der Waals surface area (Å²) in [5.41, 5.74) is 3.95. The summed E-state index contributed by atoms with van der Waals surface area (Å²) in [6.07, 6.45) is 0.833. The number of nitrogens with zero attached hydrogens (tertiary/aromatic N) is 4. The van der Waals surface area contributed by atoms with Gasteiger partial charge in [-0.3, -0.25) is 0 Å². The van der Waals surface area contributed by atoms with E-state index >= 15 is 0 Å². The molecule has 0 saturated heterocycles. The molecule has 10 heavy (non-hydrogen) atoms. The van der Waals surface area contributed by atoms with Gasteiger partial charge in [-0.2, -0.15) is 0 Å². The first kappa shape index (κ1) is 7.18. The Morgan fingerprint density at radius 3 is 2.30 bits per heavy atom. The summed E-state index contributed by atoms with van der Waals surface area (Å²) in [7, 11) is 0. The van der Waals surface area contributed by atoms with Crippen molar-refractivity contribution >= 4 is 5.84 Å². The van der Waals surface area contributed by atoms with Crippen LogP contribution in [0.4, 0.5) is 0 Å². The summed E-state index contributed by atoms with van der Waals surface area (Å²) in [6.45, 7) is 6.38. The number of hydrogen-bond acceptors (Lipinski definition) is 3. The Bertz CT molecular complexity index is 175. The van der Waals surface area contributed by atoms with E-state index in [1.165, 1.54) is 0 Å². The maximum atomic E-state index is 3.73. The maximum Gasteiger partial charge on any atom is 0.177 e. The van der Waals surface area contributed by atoms with Crippen molar-refractivity contribution in [2.45, 2.75) is 27.2 Å². The van der Waals surface area contributed by atoms with Gasteiger partial charge in [0.25, 0.3) is 0 Å². The molecule has 0 bridgehead atoms. The molecule has 0 fully saturated rings. The molecule has 0 aliphatic carbocycles. The average molecular weight is 139 g/mol. The van der Waals surface area contributed by atoms with Gasteiger partial charge < -0.3 is 0 Å². The van der Waals surface area contributed by atoms with Crippen LogP contribution in [0.15, 0.2) is 15.5 Å². The van der Waals surface area contributed by atoms with Gasteiger partial charge in [0.1, 0.15) is 0 Å². The molecule has 0 atom stereocenters. The second-order valence-electron chi connectivity index (χ2n) is 3.53. The van der Waals surface area contributed by atoms with E-state index in [2.05, 4.69) is 41.7 Å². The van der Waals surface area contributed by atoms with Gasteiger partial charge in [-0.05, 0) is 15.9 Å². The van der Waals surface area contributed by atoms with Crippen molar-refractivity contribution < 1.29 is 0 Å². The Morgan fingerprint density at radius 2 is 1.90 bits per heavy atom. The highest BCUT2D eigenvalue weighted by Crippen LogP contribution is 2.19. The molecule has 1 aliphatic rings. The summed E-state index contributed by atoms with van der Waals surface area (Å²) in [4.78, 5) is 0. The van der Waals surface area contributed by atoms with Crippen LogP contribution in [0.2, 0.25) is 0 Å². The van der Waals surface area contributed by atoms with E-state index in [-0.39, 0.29) is 5.41 Å². The monoisotopic (exact) mass is 139 g/mol. The van der Waals surface area contributed by atoms with Gasteiger partial charge in [-0.25, -0.2) is 0 Å². The van der Waals surface area contributed by atoms with Crippen molar-refractivity contribution in [1.29, 1.82) is 0 Å². The Hall–Kier alpha value is -0.930. The second-order valence-corrected chi connectivity index (χ2v) is 3.53. The fourth-order valence-corrected chi connectivity index (χ4v) is 0.708. The lowest BCUT2D eigenvalue weighted by Gasteiger charge is -2.15. The van der Waals surface area contributed by atoms with Crippen LogP contribution >= 0.6 is 0 Å². The summed E-state index contributed by atoms with van der Waals surface area (Å²) in [5, 5.41) is 10.5. The highest BCUT2D eigenvalue weighted by atomic mass is 15.6. The van der Waals surface area contributed by atoms with Crippen molar-refractivity contribution in [3.05, 3.63) is 0 Å². The van der Waals surface area contributed by atoms with E-state index in [9.17, 15) is 0 Å². The molecule has 1 heterocycles. The highest BCUT2D eigenvalue weighted by Gasteiger charge is 2.17. The van der Waals surface area contributed by atoms with Gasteiger partial charge in [-0.1, -0.05) is 20.8 Å². The van der Waals surface area contributed by atoms with E-state index in [0.717, 1.165) is 12.3 Å². The molecule has 0 saturated carbocycles. The second kappa shape index (κ2) is 2.36. The molecule has 0 N–H and O–H groups in total. The lowest BCUT2D eigenvalue weighted by Crippen LogP contribution is -2.16. The van der Waals surface area contributed by atoms with E-state index in [4.69, 9.17) is 0 Å². The highest BCUT2D eigenvalue weighted by molar-refractivity contribution is 5.82. The number of rotatable bonds is 1. The summed E-state index contributed by atoms with van der Waals surface area (Å²) in [6, 6.07) is 0. The number of hydrogen-bond donors (Lipinski definition) is 0. The topological polar surface area (TPSA) is 51.2 Å². The van der Waals surface area contributed by atoms with Gasteiger partial charge >= 0.3 is 0 Å². The van der Waals surface area contributed by atoms with Crippen LogP contribution in [0.5, 0.6) is 0 Å². The van der Waals surface area contributed by atoms with Crippen LogP contribution in [-0.2, 0) is 0 Å². The molecule has 0 aromatic heterocycles.